The van der Waals surface area contributed by atoms with Crippen LogP contribution in [-0.2, 0) is 0 Å². The summed E-state index contributed by atoms with van der Waals surface area (Å²) < 4.78 is 7.03. The minimum Gasteiger partial charge on any atom is -0.496 e. The van der Waals surface area contributed by atoms with E-state index in [1.165, 1.54) is 11.3 Å². The zero-order valence-corrected chi connectivity index (χ0v) is 11.3. The fourth-order valence-electron chi connectivity index (χ4n) is 1.90. The SMILES string of the molecule is COc1ccncc1-c1cn2ncc(C(C)=O)c2s1. The molecule has 0 saturated carbocycles. The lowest BCUT2D eigenvalue weighted by Gasteiger charge is -2.04. The van der Waals surface area contributed by atoms with Crippen LogP contribution in [-0.4, -0.2) is 27.5 Å². The van der Waals surface area contributed by atoms with Crippen LogP contribution in [0.3, 0.4) is 0 Å². The van der Waals surface area contributed by atoms with Gasteiger partial charge >= 0.3 is 0 Å². The maximum atomic E-state index is 11.5. The Balaban J connectivity index is 2.18. The molecule has 96 valence electrons. The predicted octanol–water partition coefficient (Wildman–Crippen LogP) is 2.67. The van der Waals surface area contributed by atoms with Crippen molar-refractivity contribution in [3.8, 4) is 16.2 Å². The average Bonchev–Trinajstić information content (AvgIpc) is 2.97. The van der Waals surface area contributed by atoms with Crippen LogP contribution in [0.2, 0.25) is 0 Å². The summed E-state index contributed by atoms with van der Waals surface area (Å²) in [5.74, 6) is 0.769. The predicted molar refractivity (Wildman–Crippen MR) is 72.9 cm³/mol. The minimum absolute atomic E-state index is 0.0153. The van der Waals surface area contributed by atoms with Crippen molar-refractivity contribution in [1.29, 1.82) is 0 Å². The molecule has 19 heavy (non-hydrogen) atoms. The molecule has 3 aromatic heterocycles. The molecule has 0 radical (unpaired) electrons. The highest BCUT2D eigenvalue weighted by Crippen LogP contribution is 2.35. The van der Waals surface area contributed by atoms with Gasteiger partial charge in [-0.1, -0.05) is 0 Å². The van der Waals surface area contributed by atoms with Crippen molar-refractivity contribution in [2.75, 3.05) is 7.11 Å². The molecule has 0 saturated heterocycles. The van der Waals surface area contributed by atoms with Gasteiger partial charge in [0.05, 0.1) is 29.3 Å². The average molecular weight is 273 g/mol. The Morgan fingerprint density at radius 2 is 2.26 bits per heavy atom. The van der Waals surface area contributed by atoms with Gasteiger partial charge in [-0.05, 0) is 13.0 Å². The number of hydrogen-bond acceptors (Lipinski definition) is 5. The number of pyridine rings is 1. The first kappa shape index (κ1) is 11.9. The van der Waals surface area contributed by atoms with Crippen molar-refractivity contribution in [2.45, 2.75) is 6.92 Å². The van der Waals surface area contributed by atoms with Gasteiger partial charge in [-0.15, -0.1) is 11.3 Å². The summed E-state index contributed by atoms with van der Waals surface area (Å²) in [5, 5.41) is 4.19. The number of fused-ring (bicyclic) bond motifs is 1. The molecule has 0 N–H and O–H groups in total. The molecule has 0 aliphatic carbocycles. The highest BCUT2D eigenvalue weighted by Gasteiger charge is 2.15. The summed E-state index contributed by atoms with van der Waals surface area (Å²) in [6.45, 7) is 1.54. The van der Waals surface area contributed by atoms with E-state index in [-0.39, 0.29) is 5.78 Å². The summed E-state index contributed by atoms with van der Waals surface area (Å²) in [5.41, 5.74) is 1.54. The number of ether oxygens (including phenoxy) is 1. The fourth-order valence-corrected chi connectivity index (χ4v) is 3.02. The molecule has 0 aromatic carbocycles. The molecule has 0 spiro atoms. The molecule has 5 nitrogen and oxygen atoms in total. The number of Topliss-reactive ketones (excluding diaryl/α,β-unsaturated/α-hetero) is 1. The standard InChI is InChI=1S/C13H11N3O2S/c1-8(17)9-6-15-16-7-12(19-13(9)16)10-5-14-4-3-11(10)18-2/h3-7H,1-2H3. The number of rotatable bonds is 3. The lowest BCUT2D eigenvalue weighted by Crippen LogP contribution is -1.87. The number of carbonyl (C=O) groups is 1. The van der Waals surface area contributed by atoms with E-state index in [1.807, 2.05) is 12.3 Å². The van der Waals surface area contributed by atoms with Crippen LogP contribution in [0, 0.1) is 0 Å². The van der Waals surface area contributed by atoms with Gasteiger partial charge < -0.3 is 4.74 Å². The third-order valence-electron chi connectivity index (χ3n) is 2.84. The van der Waals surface area contributed by atoms with Crippen molar-refractivity contribution >= 4 is 22.0 Å². The second kappa shape index (κ2) is 4.47. The molecular formula is C13H11N3O2S. The van der Waals surface area contributed by atoms with Gasteiger partial charge in [0.1, 0.15) is 10.6 Å². The first-order valence-corrected chi connectivity index (χ1v) is 6.49. The van der Waals surface area contributed by atoms with Crippen LogP contribution in [0.15, 0.2) is 30.9 Å². The fraction of sp³-hybridized carbons (Fsp3) is 0.154. The van der Waals surface area contributed by atoms with Crippen LogP contribution in [0.1, 0.15) is 17.3 Å². The number of aromatic nitrogens is 3. The van der Waals surface area contributed by atoms with Gasteiger partial charge in [0.2, 0.25) is 0 Å². The van der Waals surface area contributed by atoms with E-state index in [2.05, 4.69) is 10.1 Å². The van der Waals surface area contributed by atoms with Crippen molar-refractivity contribution in [2.24, 2.45) is 0 Å². The van der Waals surface area contributed by atoms with Crippen LogP contribution in [0.4, 0.5) is 0 Å². The van der Waals surface area contributed by atoms with Crippen molar-refractivity contribution in [3.63, 3.8) is 0 Å². The quantitative estimate of drug-likeness (QED) is 0.688. The molecule has 3 rings (SSSR count). The van der Waals surface area contributed by atoms with E-state index in [1.54, 1.807) is 37.1 Å². The van der Waals surface area contributed by atoms with E-state index in [0.717, 1.165) is 21.0 Å². The van der Waals surface area contributed by atoms with E-state index >= 15 is 0 Å². The van der Waals surface area contributed by atoms with Crippen molar-refractivity contribution < 1.29 is 9.53 Å². The lowest BCUT2D eigenvalue weighted by molar-refractivity contribution is 0.101. The Bertz CT molecular complexity index is 760. The normalized spacial score (nSPS) is 10.8. The third kappa shape index (κ3) is 1.90. The van der Waals surface area contributed by atoms with Crippen molar-refractivity contribution in [1.82, 2.24) is 14.6 Å². The molecule has 0 amide bonds. The van der Waals surface area contributed by atoms with Gasteiger partial charge in [0.25, 0.3) is 0 Å². The first-order chi connectivity index (χ1) is 9.20. The Labute approximate surface area is 113 Å². The van der Waals surface area contributed by atoms with Crippen LogP contribution >= 0.6 is 11.3 Å². The Morgan fingerprint density at radius 3 is 3.00 bits per heavy atom. The van der Waals surface area contributed by atoms with Gasteiger partial charge in [-0.25, -0.2) is 4.52 Å². The van der Waals surface area contributed by atoms with E-state index in [0.29, 0.717) is 5.56 Å². The zero-order valence-electron chi connectivity index (χ0n) is 10.5. The number of hydrogen-bond donors (Lipinski definition) is 0. The van der Waals surface area contributed by atoms with Gasteiger partial charge in [0, 0.05) is 18.6 Å². The second-order valence-corrected chi connectivity index (χ2v) is 5.07. The van der Waals surface area contributed by atoms with E-state index in [9.17, 15) is 4.79 Å². The minimum atomic E-state index is 0.0153. The first-order valence-electron chi connectivity index (χ1n) is 5.67. The monoisotopic (exact) mass is 273 g/mol. The zero-order chi connectivity index (χ0) is 13.4. The van der Waals surface area contributed by atoms with Gasteiger partial charge in [-0.3, -0.25) is 9.78 Å². The smallest absolute Gasteiger partial charge is 0.164 e. The molecule has 0 aliphatic rings. The maximum Gasteiger partial charge on any atom is 0.164 e. The Kier molecular flexibility index (Phi) is 2.79. The lowest BCUT2D eigenvalue weighted by atomic mass is 10.2. The van der Waals surface area contributed by atoms with Crippen molar-refractivity contribution in [3.05, 3.63) is 36.4 Å². The largest absolute Gasteiger partial charge is 0.496 e. The molecule has 0 fully saturated rings. The molecule has 0 atom stereocenters. The number of nitrogens with zero attached hydrogens (tertiary/aromatic N) is 3. The summed E-state index contributed by atoms with van der Waals surface area (Å²) in [6, 6.07) is 1.81. The molecular weight excluding hydrogens is 262 g/mol. The Morgan fingerprint density at radius 1 is 1.42 bits per heavy atom. The molecule has 0 bridgehead atoms. The number of carbonyl (C=O) groups excluding carboxylic acids is 1. The highest BCUT2D eigenvalue weighted by molar-refractivity contribution is 7.21. The van der Waals surface area contributed by atoms with Crippen LogP contribution in [0.25, 0.3) is 15.3 Å². The molecule has 0 aliphatic heterocycles. The molecule has 3 aromatic rings. The van der Waals surface area contributed by atoms with E-state index < -0.39 is 0 Å². The van der Waals surface area contributed by atoms with Crippen LogP contribution < -0.4 is 4.74 Å². The maximum absolute atomic E-state index is 11.5. The Hall–Kier alpha value is -2.21. The van der Waals surface area contributed by atoms with Crippen LogP contribution in [0.5, 0.6) is 5.75 Å². The second-order valence-electron chi connectivity index (χ2n) is 4.04. The number of ketones is 1. The summed E-state index contributed by atoms with van der Waals surface area (Å²) in [4.78, 5) is 17.4. The summed E-state index contributed by atoms with van der Waals surface area (Å²) in [6.07, 6.45) is 6.91. The number of thiazole rings is 1. The summed E-state index contributed by atoms with van der Waals surface area (Å²) in [7, 11) is 1.62. The highest BCUT2D eigenvalue weighted by atomic mass is 32.1. The van der Waals surface area contributed by atoms with Gasteiger partial charge in [-0.2, -0.15) is 5.10 Å². The third-order valence-corrected chi connectivity index (χ3v) is 3.99. The number of methoxy groups -OCH3 is 1. The molecule has 0 unspecified atom stereocenters. The molecule has 6 heteroatoms. The topological polar surface area (TPSA) is 56.5 Å². The molecule has 3 heterocycles. The summed E-state index contributed by atoms with van der Waals surface area (Å²) >= 11 is 1.50. The van der Waals surface area contributed by atoms with Gasteiger partial charge in [0.15, 0.2) is 5.78 Å². The van der Waals surface area contributed by atoms with E-state index in [4.69, 9.17) is 4.74 Å².